The Morgan fingerprint density at radius 2 is 2.00 bits per heavy atom. The first-order valence-corrected chi connectivity index (χ1v) is 8.25. The van der Waals surface area contributed by atoms with E-state index in [1.165, 1.54) is 6.07 Å². The van der Waals surface area contributed by atoms with Crippen LogP contribution in [0.4, 0.5) is 4.79 Å². The van der Waals surface area contributed by atoms with Crippen LogP contribution in [-0.4, -0.2) is 29.4 Å². The van der Waals surface area contributed by atoms with Gasteiger partial charge in [0.25, 0.3) is 0 Å². The maximum absolute atomic E-state index is 11.8. The Morgan fingerprint density at radius 3 is 2.57 bits per heavy atom. The molecule has 0 saturated heterocycles. The van der Waals surface area contributed by atoms with Gasteiger partial charge in [-0.3, -0.25) is 0 Å². The minimum atomic E-state index is -0.529. The van der Waals surface area contributed by atoms with Gasteiger partial charge in [0.2, 0.25) is 0 Å². The van der Waals surface area contributed by atoms with Crippen LogP contribution in [0.15, 0.2) is 12.1 Å². The van der Waals surface area contributed by atoms with Crippen LogP contribution in [0.1, 0.15) is 39.7 Å². The zero-order valence-corrected chi connectivity index (χ0v) is 15.4. The number of carbonyl (C=O) groups is 1. The highest BCUT2D eigenvalue weighted by molar-refractivity contribution is 6.35. The van der Waals surface area contributed by atoms with Gasteiger partial charge in [0.15, 0.2) is 0 Å². The Kier molecular flexibility index (Phi) is 7.45. The van der Waals surface area contributed by atoms with E-state index in [0.717, 1.165) is 6.42 Å². The number of nitrogens with one attached hydrogen (secondary N) is 2. The second kappa shape index (κ2) is 8.62. The highest BCUT2D eigenvalue weighted by Gasteiger charge is 2.18. The first-order chi connectivity index (χ1) is 10.6. The number of alkyl carbamates (subject to hydrolysis) is 1. The van der Waals surface area contributed by atoms with Gasteiger partial charge in [0, 0.05) is 29.7 Å². The summed E-state index contributed by atoms with van der Waals surface area (Å²) in [4.78, 5) is 11.8. The number of amides is 1. The van der Waals surface area contributed by atoms with Crippen molar-refractivity contribution >= 4 is 29.3 Å². The molecule has 0 bridgehead atoms. The normalized spacial score (nSPS) is 12.8. The van der Waals surface area contributed by atoms with E-state index < -0.39 is 11.7 Å². The number of carbonyl (C=O) groups excluding carboxylic acids is 1. The Morgan fingerprint density at radius 1 is 1.35 bits per heavy atom. The molecule has 5 nitrogen and oxygen atoms in total. The van der Waals surface area contributed by atoms with Gasteiger partial charge in [-0.05, 0) is 39.3 Å². The molecule has 1 aromatic rings. The minimum Gasteiger partial charge on any atom is -0.506 e. The molecule has 7 heteroatoms. The summed E-state index contributed by atoms with van der Waals surface area (Å²) in [7, 11) is 0. The molecule has 1 rings (SSSR count). The highest BCUT2D eigenvalue weighted by Crippen LogP contribution is 2.30. The van der Waals surface area contributed by atoms with E-state index in [-0.39, 0.29) is 16.8 Å². The predicted molar refractivity (Wildman–Crippen MR) is 93.3 cm³/mol. The summed E-state index contributed by atoms with van der Waals surface area (Å²) in [6, 6.07) is 3.06. The van der Waals surface area contributed by atoms with Gasteiger partial charge in [-0.15, -0.1) is 0 Å². The second-order valence-electron chi connectivity index (χ2n) is 6.28. The fraction of sp³-hybridized carbons (Fsp3) is 0.562. The van der Waals surface area contributed by atoms with E-state index >= 15 is 0 Å². The fourth-order valence-electron chi connectivity index (χ4n) is 1.91. The number of benzene rings is 1. The maximum atomic E-state index is 11.8. The predicted octanol–water partition coefficient (Wildman–Crippen LogP) is 4.09. The van der Waals surface area contributed by atoms with Crippen LogP contribution >= 0.6 is 23.2 Å². The van der Waals surface area contributed by atoms with Crippen LogP contribution in [0, 0.1) is 0 Å². The number of aromatic hydroxyl groups is 1. The van der Waals surface area contributed by atoms with Crippen molar-refractivity contribution in [3.8, 4) is 5.75 Å². The van der Waals surface area contributed by atoms with Crippen LogP contribution in [-0.2, 0) is 11.3 Å². The summed E-state index contributed by atoms with van der Waals surface area (Å²) in [5, 5.41) is 16.6. The number of phenols is 1. The number of rotatable bonds is 6. The molecule has 0 aliphatic carbocycles. The zero-order valence-electron chi connectivity index (χ0n) is 13.9. The van der Waals surface area contributed by atoms with Crippen molar-refractivity contribution in [2.24, 2.45) is 0 Å². The molecule has 0 aliphatic heterocycles. The SMILES string of the molecule is CCC(CNCc1cc(Cl)cc(Cl)c1O)NC(=O)OC(C)(C)C. The molecule has 3 N–H and O–H groups in total. The van der Waals surface area contributed by atoms with Crippen molar-refractivity contribution in [2.45, 2.75) is 52.3 Å². The molecule has 23 heavy (non-hydrogen) atoms. The van der Waals surface area contributed by atoms with Gasteiger partial charge in [-0.25, -0.2) is 4.79 Å². The lowest BCUT2D eigenvalue weighted by Gasteiger charge is -2.23. The van der Waals surface area contributed by atoms with Gasteiger partial charge in [0.1, 0.15) is 11.4 Å². The van der Waals surface area contributed by atoms with Crippen LogP contribution in [0.25, 0.3) is 0 Å². The summed E-state index contributed by atoms with van der Waals surface area (Å²) in [6.45, 7) is 8.34. The van der Waals surface area contributed by atoms with Crippen molar-refractivity contribution in [3.05, 3.63) is 27.7 Å². The lowest BCUT2D eigenvalue weighted by atomic mass is 10.2. The standard InChI is InChI=1S/C16H24Cl2N2O3/c1-5-12(20-15(22)23-16(2,3)4)9-19-8-10-6-11(17)7-13(18)14(10)21/h6-7,12,19,21H,5,8-9H2,1-4H3,(H,20,22). The molecule has 0 spiro atoms. The molecule has 0 fully saturated rings. The molecular formula is C16H24Cl2N2O3. The smallest absolute Gasteiger partial charge is 0.407 e. The Hall–Kier alpha value is -1.17. The van der Waals surface area contributed by atoms with Crippen molar-refractivity contribution in [3.63, 3.8) is 0 Å². The third kappa shape index (κ3) is 7.29. The van der Waals surface area contributed by atoms with Crippen molar-refractivity contribution in [1.82, 2.24) is 10.6 Å². The summed E-state index contributed by atoms with van der Waals surface area (Å²) in [5.74, 6) is 0.0108. The second-order valence-corrected chi connectivity index (χ2v) is 7.12. The molecule has 0 saturated carbocycles. The number of phenolic OH excluding ortho intramolecular Hbond substituents is 1. The van der Waals surface area contributed by atoms with Crippen molar-refractivity contribution in [2.75, 3.05) is 6.54 Å². The van der Waals surface area contributed by atoms with Gasteiger partial charge in [0.05, 0.1) is 5.02 Å². The first-order valence-electron chi connectivity index (χ1n) is 7.49. The quantitative estimate of drug-likeness (QED) is 0.712. The summed E-state index contributed by atoms with van der Waals surface area (Å²) < 4.78 is 5.23. The van der Waals surface area contributed by atoms with E-state index in [1.807, 2.05) is 27.7 Å². The Balaban J connectivity index is 2.51. The number of hydrogen-bond donors (Lipinski definition) is 3. The van der Waals surface area contributed by atoms with E-state index in [0.29, 0.717) is 23.7 Å². The third-order valence-electron chi connectivity index (χ3n) is 3.03. The molecule has 130 valence electrons. The molecule has 1 unspecified atom stereocenters. The molecule has 0 heterocycles. The first kappa shape index (κ1) is 19.9. The van der Waals surface area contributed by atoms with Gasteiger partial charge in [-0.2, -0.15) is 0 Å². The van der Waals surface area contributed by atoms with Crippen LogP contribution in [0.2, 0.25) is 10.0 Å². The number of halogens is 2. The van der Waals surface area contributed by atoms with Gasteiger partial charge < -0.3 is 20.5 Å². The molecule has 0 aliphatic rings. The third-order valence-corrected chi connectivity index (χ3v) is 3.53. The fourth-order valence-corrected chi connectivity index (χ4v) is 2.44. The molecule has 1 atom stereocenters. The van der Waals surface area contributed by atoms with Gasteiger partial charge >= 0.3 is 6.09 Å². The molecule has 0 aromatic heterocycles. The Labute approximate surface area is 147 Å². The van der Waals surface area contributed by atoms with Crippen molar-refractivity contribution < 1.29 is 14.6 Å². The zero-order chi connectivity index (χ0) is 17.6. The summed E-state index contributed by atoms with van der Waals surface area (Å²) in [5.41, 5.74) is 0.0775. The maximum Gasteiger partial charge on any atom is 0.407 e. The lowest BCUT2D eigenvalue weighted by molar-refractivity contribution is 0.0502. The van der Waals surface area contributed by atoms with Crippen LogP contribution in [0.5, 0.6) is 5.75 Å². The summed E-state index contributed by atoms with van der Waals surface area (Å²) in [6.07, 6.45) is 0.300. The lowest BCUT2D eigenvalue weighted by Crippen LogP contribution is -2.43. The Bertz CT molecular complexity index is 545. The highest BCUT2D eigenvalue weighted by atomic mass is 35.5. The van der Waals surface area contributed by atoms with Gasteiger partial charge in [-0.1, -0.05) is 30.1 Å². The topological polar surface area (TPSA) is 70.6 Å². The van der Waals surface area contributed by atoms with Crippen molar-refractivity contribution in [1.29, 1.82) is 0 Å². The average Bonchev–Trinajstić information content (AvgIpc) is 2.40. The molecule has 0 radical (unpaired) electrons. The largest absolute Gasteiger partial charge is 0.506 e. The van der Waals surface area contributed by atoms with E-state index in [4.69, 9.17) is 27.9 Å². The van der Waals surface area contributed by atoms with Crippen LogP contribution in [0.3, 0.4) is 0 Å². The molecule has 1 aromatic carbocycles. The average molecular weight is 363 g/mol. The van der Waals surface area contributed by atoms with Crippen LogP contribution < -0.4 is 10.6 Å². The van der Waals surface area contributed by atoms with E-state index in [9.17, 15) is 9.90 Å². The molecular weight excluding hydrogens is 339 g/mol. The molecule has 1 amide bonds. The monoisotopic (exact) mass is 362 g/mol. The van der Waals surface area contributed by atoms with E-state index in [2.05, 4.69) is 10.6 Å². The number of hydrogen-bond acceptors (Lipinski definition) is 4. The minimum absolute atomic E-state index is 0.0108. The summed E-state index contributed by atoms with van der Waals surface area (Å²) >= 11 is 11.8. The number of ether oxygens (including phenoxy) is 1. The van der Waals surface area contributed by atoms with E-state index in [1.54, 1.807) is 6.07 Å².